The van der Waals surface area contributed by atoms with Crippen LogP contribution < -0.4 is 10.5 Å². The van der Waals surface area contributed by atoms with Gasteiger partial charge in [-0.3, -0.25) is 4.79 Å². The number of aryl methyl sites for hydroxylation is 2. The van der Waals surface area contributed by atoms with Gasteiger partial charge in [-0.15, -0.1) is 12.4 Å². The van der Waals surface area contributed by atoms with Gasteiger partial charge < -0.3 is 15.4 Å². The molecule has 4 nitrogen and oxygen atoms in total. The number of carbonyl (C=O) groups excluding carboxylic acids is 1. The third-order valence-corrected chi connectivity index (χ3v) is 4.52. The summed E-state index contributed by atoms with van der Waals surface area (Å²) >= 11 is 0. The summed E-state index contributed by atoms with van der Waals surface area (Å²) in [6, 6.07) is 3.63. The smallest absolute Gasteiger partial charge is 0.422 e. The molecular formula is C18H26ClF3N2O2. The Hall–Kier alpha value is -1.47. The number of benzene rings is 1. The summed E-state index contributed by atoms with van der Waals surface area (Å²) < 4.78 is 41.9. The predicted molar refractivity (Wildman–Crippen MR) is 96.5 cm³/mol. The molecule has 1 amide bonds. The standard InChI is InChI=1S/C18H25F3N2O2.ClH/c1-11-6-13(7-12(2)16(11)25-10-18(19,20)21)9-23(3)17(24)14-4-5-15(22)8-14;/h6-7,14-15H,4-5,8-10,22H2,1-3H3;1H. The maximum atomic E-state index is 12.5. The molecule has 0 aliphatic heterocycles. The fraction of sp³-hybridized carbons (Fsp3) is 0.611. The molecule has 1 aliphatic carbocycles. The van der Waals surface area contributed by atoms with E-state index in [-0.39, 0.29) is 36.0 Å². The molecule has 1 fully saturated rings. The summed E-state index contributed by atoms with van der Waals surface area (Å²) in [7, 11) is 1.74. The van der Waals surface area contributed by atoms with Crippen LogP contribution in [0.5, 0.6) is 5.75 Å². The largest absolute Gasteiger partial charge is 0.484 e. The highest BCUT2D eigenvalue weighted by Crippen LogP contribution is 2.29. The summed E-state index contributed by atoms with van der Waals surface area (Å²) in [6.07, 6.45) is -1.97. The van der Waals surface area contributed by atoms with Crippen molar-refractivity contribution in [2.45, 2.75) is 51.9 Å². The Morgan fingerprint density at radius 3 is 2.31 bits per heavy atom. The summed E-state index contributed by atoms with van der Waals surface area (Å²) in [5.74, 6) is 0.286. The highest BCUT2D eigenvalue weighted by Gasteiger charge is 2.30. The van der Waals surface area contributed by atoms with Gasteiger partial charge in [-0.25, -0.2) is 0 Å². The summed E-state index contributed by atoms with van der Waals surface area (Å²) in [5, 5.41) is 0. The molecule has 148 valence electrons. The Morgan fingerprint density at radius 1 is 1.27 bits per heavy atom. The van der Waals surface area contributed by atoms with E-state index >= 15 is 0 Å². The fourth-order valence-electron chi connectivity index (χ4n) is 3.42. The van der Waals surface area contributed by atoms with Gasteiger partial charge in [0.1, 0.15) is 5.75 Å². The molecule has 0 saturated heterocycles. The molecule has 2 rings (SSSR count). The van der Waals surface area contributed by atoms with Gasteiger partial charge in [0.25, 0.3) is 0 Å². The average Bonchev–Trinajstić information content (AvgIpc) is 2.90. The maximum absolute atomic E-state index is 12.5. The first-order chi connectivity index (χ1) is 11.6. The minimum Gasteiger partial charge on any atom is -0.484 e. The van der Waals surface area contributed by atoms with Crippen molar-refractivity contribution in [1.82, 2.24) is 4.90 Å². The van der Waals surface area contributed by atoms with Crippen LogP contribution in [0.15, 0.2) is 12.1 Å². The van der Waals surface area contributed by atoms with Crippen molar-refractivity contribution in [3.8, 4) is 5.75 Å². The molecule has 2 atom stereocenters. The van der Waals surface area contributed by atoms with E-state index in [2.05, 4.69) is 0 Å². The molecular weight excluding hydrogens is 369 g/mol. The zero-order valence-corrected chi connectivity index (χ0v) is 16.0. The van der Waals surface area contributed by atoms with Crippen LogP contribution in [0.1, 0.15) is 36.0 Å². The Bertz CT molecular complexity index is 614. The Morgan fingerprint density at radius 2 is 1.85 bits per heavy atom. The third kappa shape index (κ3) is 6.06. The quantitative estimate of drug-likeness (QED) is 0.827. The van der Waals surface area contributed by atoms with Crippen molar-refractivity contribution >= 4 is 18.3 Å². The average molecular weight is 395 g/mol. The van der Waals surface area contributed by atoms with E-state index in [0.29, 0.717) is 24.1 Å². The van der Waals surface area contributed by atoms with E-state index < -0.39 is 12.8 Å². The Balaban J connectivity index is 0.00000338. The van der Waals surface area contributed by atoms with Crippen LogP contribution in [0.25, 0.3) is 0 Å². The number of nitrogens with two attached hydrogens (primary N) is 1. The number of rotatable bonds is 5. The van der Waals surface area contributed by atoms with Gasteiger partial charge in [-0.05, 0) is 49.8 Å². The van der Waals surface area contributed by atoms with Crippen molar-refractivity contribution in [3.63, 3.8) is 0 Å². The molecule has 1 aliphatic rings. The fourth-order valence-corrected chi connectivity index (χ4v) is 3.42. The first-order valence-electron chi connectivity index (χ1n) is 8.37. The van der Waals surface area contributed by atoms with E-state index in [0.717, 1.165) is 18.4 Å². The normalized spacial score (nSPS) is 19.8. The number of nitrogens with zero attached hydrogens (tertiary/aromatic N) is 1. The number of hydrogen-bond acceptors (Lipinski definition) is 3. The monoisotopic (exact) mass is 394 g/mol. The second-order valence-corrected chi connectivity index (χ2v) is 6.93. The minimum absolute atomic E-state index is 0. The van der Waals surface area contributed by atoms with Crippen molar-refractivity contribution < 1.29 is 22.7 Å². The van der Waals surface area contributed by atoms with E-state index in [4.69, 9.17) is 10.5 Å². The molecule has 1 aromatic carbocycles. The second kappa shape index (κ2) is 8.95. The Labute approximate surface area is 158 Å². The summed E-state index contributed by atoms with van der Waals surface area (Å²) in [5.41, 5.74) is 7.99. The summed E-state index contributed by atoms with van der Waals surface area (Å²) in [4.78, 5) is 14.1. The van der Waals surface area contributed by atoms with Crippen molar-refractivity contribution in [2.75, 3.05) is 13.7 Å². The van der Waals surface area contributed by atoms with Crippen molar-refractivity contribution in [3.05, 3.63) is 28.8 Å². The molecule has 1 saturated carbocycles. The number of ether oxygens (including phenoxy) is 1. The highest BCUT2D eigenvalue weighted by atomic mass is 35.5. The zero-order chi connectivity index (χ0) is 18.8. The molecule has 2 N–H and O–H groups in total. The van der Waals surface area contributed by atoms with Crippen molar-refractivity contribution in [2.24, 2.45) is 11.7 Å². The SMILES string of the molecule is Cc1cc(CN(C)C(=O)C2CCC(N)C2)cc(C)c1OCC(F)(F)F.Cl. The molecule has 26 heavy (non-hydrogen) atoms. The van der Waals surface area contributed by atoms with Crippen LogP contribution in [0, 0.1) is 19.8 Å². The predicted octanol–water partition coefficient (Wildman–Crippen LogP) is 3.75. The lowest BCUT2D eigenvalue weighted by atomic mass is 10.0. The van der Waals surface area contributed by atoms with Gasteiger partial charge in [0.15, 0.2) is 6.61 Å². The number of hydrogen-bond donors (Lipinski definition) is 1. The lowest BCUT2D eigenvalue weighted by molar-refractivity contribution is -0.153. The van der Waals surface area contributed by atoms with Crippen LogP contribution in [-0.4, -0.2) is 36.7 Å². The van der Waals surface area contributed by atoms with Gasteiger partial charge in [0.2, 0.25) is 5.91 Å². The molecule has 8 heteroatoms. The van der Waals surface area contributed by atoms with Gasteiger partial charge >= 0.3 is 6.18 Å². The molecule has 0 heterocycles. The molecule has 1 aromatic rings. The number of amides is 1. The van der Waals surface area contributed by atoms with Crippen LogP contribution in [0.4, 0.5) is 13.2 Å². The third-order valence-electron chi connectivity index (χ3n) is 4.52. The molecule has 0 radical (unpaired) electrons. The summed E-state index contributed by atoms with van der Waals surface area (Å²) in [6.45, 7) is 2.51. The first-order valence-corrected chi connectivity index (χ1v) is 8.37. The van der Waals surface area contributed by atoms with E-state index in [1.54, 1.807) is 37.9 Å². The van der Waals surface area contributed by atoms with Crippen LogP contribution in [0.3, 0.4) is 0 Å². The number of halogens is 4. The maximum Gasteiger partial charge on any atom is 0.422 e. The van der Waals surface area contributed by atoms with Gasteiger partial charge in [-0.2, -0.15) is 13.2 Å². The number of alkyl halides is 3. The van der Waals surface area contributed by atoms with Crippen LogP contribution in [0.2, 0.25) is 0 Å². The zero-order valence-electron chi connectivity index (χ0n) is 15.2. The lowest BCUT2D eigenvalue weighted by Crippen LogP contribution is -2.32. The molecule has 0 bridgehead atoms. The minimum atomic E-state index is -4.37. The molecule has 0 aromatic heterocycles. The topological polar surface area (TPSA) is 55.6 Å². The van der Waals surface area contributed by atoms with Gasteiger partial charge in [0.05, 0.1) is 0 Å². The second-order valence-electron chi connectivity index (χ2n) is 6.93. The van der Waals surface area contributed by atoms with E-state index in [9.17, 15) is 18.0 Å². The van der Waals surface area contributed by atoms with E-state index in [1.807, 2.05) is 0 Å². The Kier molecular flexibility index (Phi) is 7.77. The first kappa shape index (κ1) is 22.6. The van der Waals surface area contributed by atoms with Gasteiger partial charge in [-0.1, -0.05) is 12.1 Å². The van der Waals surface area contributed by atoms with Gasteiger partial charge in [0, 0.05) is 25.6 Å². The molecule has 0 spiro atoms. The number of carbonyl (C=O) groups is 1. The van der Waals surface area contributed by atoms with Crippen molar-refractivity contribution in [1.29, 1.82) is 0 Å². The van der Waals surface area contributed by atoms with Crippen LogP contribution in [-0.2, 0) is 11.3 Å². The van der Waals surface area contributed by atoms with E-state index in [1.165, 1.54) is 0 Å². The van der Waals surface area contributed by atoms with Crippen LogP contribution >= 0.6 is 12.4 Å². The molecule has 2 unspecified atom stereocenters. The highest BCUT2D eigenvalue weighted by molar-refractivity contribution is 5.85. The lowest BCUT2D eigenvalue weighted by Gasteiger charge is -2.22.